The Kier molecular flexibility index (Phi) is 33.8. The molecule has 0 saturated heterocycles. The number of aliphatic carboxylic acids is 3. The lowest BCUT2D eigenvalue weighted by Crippen LogP contribution is -2.60. The molecule has 0 spiro atoms. The van der Waals surface area contributed by atoms with Crippen molar-refractivity contribution in [1.29, 1.82) is 0 Å². The van der Waals surface area contributed by atoms with Gasteiger partial charge in [-0.25, -0.2) is 4.79 Å². The van der Waals surface area contributed by atoms with E-state index in [0.717, 1.165) is 0 Å². The SMILES string of the molecule is CSCC[C@H](NC(=O)[C@H](CCC(=O)O)NC(=O)[C@H](Cc1ccccc1)NC(=O)[C@H](CCCCN)NC(=O)[C@@H](N)CCSC)C(=O)N[C@@H](CCC(=O)O)C(=O)N[C@@H](CCC(N)=O)C(=O)N[C@@H](Cc1ccc(O)cc1)C(=O)N[C@@H](CC(C)C)C(=O)O. The van der Waals surface area contributed by atoms with Crippen LogP contribution in [0.3, 0.4) is 0 Å². The number of phenols is 1. The van der Waals surface area contributed by atoms with Crippen LogP contribution in [0.4, 0.5) is 0 Å². The maximum absolute atomic E-state index is 14.4. The van der Waals surface area contributed by atoms with Gasteiger partial charge in [-0.05, 0) is 118 Å². The number of benzene rings is 2. The summed E-state index contributed by atoms with van der Waals surface area (Å²) in [6.07, 6.45) is 0.787. The third-order valence-corrected chi connectivity index (χ3v) is 14.2. The average molecular weight is 1220 g/mol. The number of primary amides is 1. The van der Waals surface area contributed by atoms with Crippen molar-refractivity contribution in [2.75, 3.05) is 30.6 Å². The van der Waals surface area contributed by atoms with Gasteiger partial charge in [0, 0.05) is 32.1 Å². The van der Waals surface area contributed by atoms with E-state index in [1.165, 1.54) is 47.8 Å². The Morgan fingerprint density at radius 2 is 0.833 bits per heavy atom. The van der Waals surface area contributed by atoms with Gasteiger partial charge in [0.25, 0.3) is 0 Å². The fourth-order valence-corrected chi connectivity index (χ4v) is 9.25. The quantitative estimate of drug-likeness (QED) is 0.0360. The molecule has 84 heavy (non-hydrogen) atoms. The molecule has 2 rings (SSSR count). The molecule has 27 nitrogen and oxygen atoms in total. The smallest absolute Gasteiger partial charge is 0.326 e. The summed E-state index contributed by atoms with van der Waals surface area (Å²) in [7, 11) is 0. The number of unbranched alkanes of at least 4 members (excludes halogenated alkanes) is 1. The molecule has 0 heterocycles. The second kappa shape index (κ2) is 39.1. The van der Waals surface area contributed by atoms with Crippen molar-refractivity contribution in [3.63, 3.8) is 0 Å². The fourth-order valence-electron chi connectivity index (χ4n) is 8.28. The summed E-state index contributed by atoms with van der Waals surface area (Å²) in [6.45, 7) is 3.76. The molecule has 0 aliphatic rings. The zero-order valence-electron chi connectivity index (χ0n) is 47.7. The summed E-state index contributed by atoms with van der Waals surface area (Å²) in [5.74, 6) is -12.2. The molecule has 29 heteroatoms. The summed E-state index contributed by atoms with van der Waals surface area (Å²) < 4.78 is 0. The first-order chi connectivity index (χ1) is 39.8. The molecule has 0 bridgehead atoms. The molecular formula is C55H83N11O16S2. The summed E-state index contributed by atoms with van der Waals surface area (Å²) in [5, 5.41) is 59.2. The summed E-state index contributed by atoms with van der Waals surface area (Å²) in [5.41, 5.74) is 18.2. The maximum Gasteiger partial charge on any atom is 0.326 e. The van der Waals surface area contributed by atoms with Crippen molar-refractivity contribution < 1.29 is 78.0 Å². The number of rotatable bonds is 42. The molecule has 0 unspecified atom stereocenters. The van der Waals surface area contributed by atoms with Crippen LogP contribution in [-0.2, 0) is 70.4 Å². The highest BCUT2D eigenvalue weighted by Gasteiger charge is 2.36. The predicted octanol–water partition coefficient (Wildman–Crippen LogP) is -0.856. The van der Waals surface area contributed by atoms with E-state index in [1.54, 1.807) is 50.4 Å². The van der Waals surface area contributed by atoms with E-state index in [-0.39, 0.29) is 49.5 Å². The molecule has 2 aromatic rings. The number of thioether (sulfide) groups is 2. The number of aromatic hydroxyl groups is 1. The maximum atomic E-state index is 14.4. The second-order valence-corrected chi connectivity index (χ2v) is 22.3. The van der Waals surface area contributed by atoms with Gasteiger partial charge in [-0.3, -0.25) is 52.7 Å². The van der Waals surface area contributed by atoms with E-state index in [4.69, 9.17) is 17.2 Å². The molecule has 466 valence electrons. The molecule has 18 N–H and O–H groups in total. The van der Waals surface area contributed by atoms with Gasteiger partial charge < -0.3 is 80.2 Å². The Balaban J connectivity index is 2.54. The fraction of sp³-hybridized carbons (Fsp3) is 0.564. The lowest BCUT2D eigenvalue weighted by Gasteiger charge is -2.28. The Bertz CT molecular complexity index is 2510. The summed E-state index contributed by atoms with van der Waals surface area (Å²) in [6, 6.07) is 0.807. The minimum atomic E-state index is -1.77. The van der Waals surface area contributed by atoms with E-state index < -0.39 is 164 Å². The van der Waals surface area contributed by atoms with E-state index in [2.05, 4.69) is 42.5 Å². The van der Waals surface area contributed by atoms with Crippen LogP contribution in [0.15, 0.2) is 54.6 Å². The number of amides is 9. The number of phenolic OH excluding ortho intramolecular Hbond substituents is 1. The summed E-state index contributed by atoms with van der Waals surface area (Å²) in [4.78, 5) is 160. The van der Waals surface area contributed by atoms with Crippen LogP contribution in [-0.4, -0.2) is 176 Å². The van der Waals surface area contributed by atoms with E-state index in [0.29, 0.717) is 42.7 Å². The van der Waals surface area contributed by atoms with E-state index in [9.17, 15) is 78.0 Å². The minimum absolute atomic E-state index is 0.0125. The van der Waals surface area contributed by atoms with Crippen molar-refractivity contribution in [3.05, 3.63) is 65.7 Å². The third kappa shape index (κ3) is 28.7. The molecule has 0 fully saturated rings. The number of carboxylic acid groups (broad SMARTS) is 3. The Labute approximate surface area is 496 Å². The Hall–Kier alpha value is -7.50. The van der Waals surface area contributed by atoms with Crippen molar-refractivity contribution in [2.24, 2.45) is 23.1 Å². The lowest BCUT2D eigenvalue weighted by atomic mass is 10.0. The first-order valence-corrected chi connectivity index (χ1v) is 30.2. The molecule has 0 aliphatic heterocycles. The average Bonchev–Trinajstić information content (AvgIpc) is 3.60. The van der Waals surface area contributed by atoms with E-state index >= 15 is 0 Å². The van der Waals surface area contributed by atoms with Gasteiger partial charge >= 0.3 is 17.9 Å². The Morgan fingerprint density at radius 3 is 1.24 bits per heavy atom. The van der Waals surface area contributed by atoms with Gasteiger partial charge in [0.15, 0.2) is 0 Å². The van der Waals surface area contributed by atoms with Gasteiger partial charge in [-0.15, -0.1) is 0 Å². The van der Waals surface area contributed by atoms with Gasteiger partial charge in [0.1, 0.15) is 54.1 Å². The molecule has 0 aliphatic carbocycles. The van der Waals surface area contributed by atoms with Crippen LogP contribution in [0, 0.1) is 5.92 Å². The van der Waals surface area contributed by atoms with Crippen LogP contribution in [0.1, 0.15) is 102 Å². The second-order valence-electron chi connectivity index (χ2n) is 20.3. The highest BCUT2D eigenvalue weighted by molar-refractivity contribution is 7.98. The van der Waals surface area contributed by atoms with Crippen LogP contribution >= 0.6 is 23.5 Å². The van der Waals surface area contributed by atoms with Gasteiger partial charge in [-0.1, -0.05) is 56.3 Å². The van der Waals surface area contributed by atoms with Crippen LogP contribution in [0.2, 0.25) is 0 Å². The van der Waals surface area contributed by atoms with Crippen LogP contribution in [0.25, 0.3) is 0 Å². The lowest BCUT2D eigenvalue weighted by molar-refractivity contribution is -0.143. The first kappa shape index (κ1) is 72.6. The molecule has 0 aromatic heterocycles. The summed E-state index contributed by atoms with van der Waals surface area (Å²) >= 11 is 2.72. The van der Waals surface area contributed by atoms with E-state index in [1.807, 2.05) is 6.26 Å². The number of nitrogens with one attached hydrogen (secondary N) is 8. The number of carbonyl (C=O) groups is 12. The number of carbonyl (C=O) groups excluding carboxylic acids is 9. The van der Waals surface area contributed by atoms with Crippen molar-refractivity contribution in [3.8, 4) is 5.75 Å². The van der Waals surface area contributed by atoms with Gasteiger partial charge in [-0.2, -0.15) is 23.5 Å². The molecule has 0 radical (unpaired) electrons. The highest BCUT2D eigenvalue weighted by atomic mass is 32.2. The van der Waals surface area contributed by atoms with Gasteiger partial charge in [0.05, 0.1) is 6.04 Å². The zero-order chi connectivity index (χ0) is 62.9. The predicted molar refractivity (Wildman–Crippen MR) is 314 cm³/mol. The number of hydrogen-bond donors (Lipinski definition) is 15. The zero-order valence-corrected chi connectivity index (χ0v) is 49.4. The number of carboxylic acids is 3. The van der Waals surface area contributed by atoms with Gasteiger partial charge in [0.2, 0.25) is 53.2 Å². The van der Waals surface area contributed by atoms with Crippen molar-refractivity contribution in [2.45, 2.75) is 158 Å². The monoisotopic (exact) mass is 1220 g/mol. The van der Waals surface area contributed by atoms with Crippen LogP contribution < -0.4 is 59.7 Å². The topological polar surface area (TPSA) is 460 Å². The molecule has 0 saturated carbocycles. The minimum Gasteiger partial charge on any atom is -0.508 e. The van der Waals surface area contributed by atoms with Crippen molar-refractivity contribution >= 4 is 94.6 Å². The molecule has 2 aromatic carbocycles. The third-order valence-electron chi connectivity index (χ3n) is 12.9. The molecule has 9 atom stereocenters. The Morgan fingerprint density at radius 1 is 0.464 bits per heavy atom. The van der Waals surface area contributed by atoms with Crippen LogP contribution in [0.5, 0.6) is 5.75 Å². The van der Waals surface area contributed by atoms with Crippen molar-refractivity contribution in [1.82, 2.24) is 42.5 Å². The highest BCUT2D eigenvalue weighted by Crippen LogP contribution is 2.15. The normalized spacial score (nSPS) is 14.3. The largest absolute Gasteiger partial charge is 0.508 e. The number of hydrogen-bond acceptors (Lipinski definition) is 17. The standard InChI is InChI=1S/C55H83N11O16S2/c1-31(2)28-43(55(81)82)66-54(80)42(30-33-13-15-34(67)16-14-33)65-51(77)37(17-20-44(58)68)60-49(75)38(18-21-45(69)70)61-52(78)40(24-27-84-4)63-50(76)39(19-22-46(71)72)62-53(79)41(29-32-10-6-5-7-11-32)64-48(74)36(12-8-9-25-56)59-47(73)35(57)23-26-83-3/h5-7,10-11,13-16,31,35-43,67H,8-9,12,17-30,56-57H2,1-4H3,(H2,58,68)(H,59,73)(H,60,75)(H,61,78)(H,62,79)(H,63,76)(H,64,74)(H,65,77)(H,66,80)(H,69,70)(H,71,72)(H,81,82)/t35-,36-,37-,38-,39-,40-,41-,42-,43-/m0/s1. The number of nitrogens with two attached hydrogens (primary N) is 3. The molecular weight excluding hydrogens is 1130 g/mol. The first-order valence-electron chi connectivity index (χ1n) is 27.4. The molecule has 9 amide bonds.